The average molecular weight is 501 g/mol. The molecule has 2 aromatic carbocycles. The van der Waals surface area contributed by atoms with E-state index in [1.807, 2.05) is 42.6 Å². The van der Waals surface area contributed by atoms with Crippen LogP contribution in [0.5, 0.6) is 11.5 Å². The molecule has 3 heterocycles. The predicted molar refractivity (Wildman–Crippen MR) is 127 cm³/mol. The number of hydrogen-bond donors (Lipinski definition) is 0. The largest absolute Gasteiger partial charge is 0.493 e. The highest BCUT2D eigenvalue weighted by atomic mass is 19.4. The number of nitrogens with zero attached hydrogens (tertiary/aromatic N) is 2. The number of likely N-dealkylation sites (tertiary alicyclic amines) is 1. The number of rotatable bonds is 6. The molecule has 0 aliphatic carbocycles. The Kier molecular flexibility index (Phi) is 6.42. The molecule has 0 N–H and O–H groups in total. The molecule has 2 aliphatic heterocycles. The van der Waals surface area contributed by atoms with Crippen LogP contribution in [0.25, 0.3) is 5.69 Å². The van der Waals surface area contributed by atoms with Crippen LogP contribution in [0.2, 0.25) is 0 Å². The molecule has 1 fully saturated rings. The maximum Gasteiger partial charge on any atom is 0.419 e. The minimum atomic E-state index is -4.65. The number of carbonyl (C=O) groups is 1. The lowest BCUT2D eigenvalue weighted by atomic mass is 9.86. The molecule has 36 heavy (non-hydrogen) atoms. The van der Waals surface area contributed by atoms with E-state index in [2.05, 4.69) is 4.57 Å². The highest BCUT2D eigenvalue weighted by molar-refractivity contribution is 5.94. The zero-order valence-corrected chi connectivity index (χ0v) is 19.9. The van der Waals surface area contributed by atoms with Crippen molar-refractivity contribution < 1.29 is 32.2 Å². The van der Waals surface area contributed by atoms with Gasteiger partial charge in [-0.25, -0.2) is 0 Å². The number of benzene rings is 2. The van der Waals surface area contributed by atoms with E-state index >= 15 is 0 Å². The summed E-state index contributed by atoms with van der Waals surface area (Å²) in [6.07, 6.45) is -1.13. The van der Waals surface area contributed by atoms with Gasteiger partial charge in [-0.15, -0.1) is 0 Å². The van der Waals surface area contributed by atoms with Crippen molar-refractivity contribution in [3.05, 3.63) is 77.6 Å². The number of halogens is 3. The summed E-state index contributed by atoms with van der Waals surface area (Å²) in [5, 5.41) is 0. The molecule has 2 aliphatic rings. The van der Waals surface area contributed by atoms with Crippen molar-refractivity contribution in [1.82, 2.24) is 9.47 Å². The smallest absolute Gasteiger partial charge is 0.419 e. The summed E-state index contributed by atoms with van der Waals surface area (Å²) in [6.45, 7) is 1.20. The summed E-state index contributed by atoms with van der Waals surface area (Å²) in [5.74, 6) is 0.0486. The van der Waals surface area contributed by atoms with Crippen LogP contribution in [0, 0.1) is 0 Å². The zero-order chi connectivity index (χ0) is 25.3. The van der Waals surface area contributed by atoms with Gasteiger partial charge in [-0.3, -0.25) is 4.79 Å². The molecule has 6 nitrogen and oxygen atoms in total. The van der Waals surface area contributed by atoms with E-state index in [4.69, 9.17) is 14.2 Å². The van der Waals surface area contributed by atoms with Crippen molar-refractivity contribution in [1.29, 1.82) is 0 Å². The summed E-state index contributed by atoms with van der Waals surface area (Å²) >= 11 is 0. The van der Waals surface area contributed by atoms with Gasteiger partial charge in [0.15, 0.2) is 5.60 Å². The van der Waals surface area contributed by atoms with Crippen LogP contribution >= 0.6 is 0 Å². The van der Waals surface area contributed by atoms with E-state index < -0.39 is 23.2 Å². The first-order chi connectivity index (χ1) is 17.3. The Hall–Kier alpha value is -3.46. The Bertz CT molecular complexity index is 1250. The molecule has 1 aromatic heterocycles. The average Bonchev–Trinajstić information content (AvgIpc) is 3.38. The predicted octanol–water partition coefficient (Wildman–Crippen LogP) is 5.44. The van der Waals surface area contributed by atoms with Gasteiger partial charge < -0.3 is 23.7 Å². The summed E-state index contributed by atoms with van der Waals surface area (Å²) in [6, 6.07) is 15.3. The normalized spacial score (nSPS) is 16.3. The first-order valence-corrected chi connectivity index (χ1v) is 11.9. The topological polar surface area (TPSA) is 52.9 Å². The zero-order valence-electron chi connectivity index (χ0n) is 19.9. The van der Waals surface area contributed by atoms with E-state index in [0.717, 1.165) is 23.2 Å². The van der Waals surface area contributed by atoms with Gasteiger partial charge in [-0.2, -0.15) is 13.2 Å². The molecular formula is C27H27F3N2O4. The second-order valence-electron chi connectivity index (χ2n) is 9.02. The number of para-hydroxylation sites is 2. The fourth-order valence-corrected chi connectivity index (χ4v) is 4.98. The number of ether oxygens (including phenoxy) is 3. The summed E-state index contributed by atoms with van der Waals surface area (Å²) in [4.78, 5) is 14.8. The van der Waals surface area contributed by atoms with Crippen LogP contribution in [0.4, 0.5) is 13.2 Å². The molecule has 0 atom stereocenters. The van der Waals surface area contributed by atoms with Crippen LogP contribution in [0.3, 0.4) is 0 Å². The van der Waals surface area contributed by atoms with Crippen LogP contribution in [0.15, 0.2) is 60.8 Å². The highest BCUT2D eigenvalue weighted by Crippen LogP contribution is 2.45. The maximum atomic E-state index is 13.7. The minimum absolute atomic E-state index is 0.0131. The number of fused-ring (bicyclic) bond motifs is 4. The van der Waals surface area contributed by atoms with Gasteiger partial charge in [0.1, 0.15) is 11.5 Å². The van der Waals surface area contributed by atoms with Gasteiger partial charge in [0.25, 0.3) is 5.91 Å². The number of carbonyl (C=O) groups excluding carboxylic acids is 1. The molecule has 190 valence electrons. The van der Waals surface area contributed by atoms with Crippen LogP contribution in [0.1, 0.15) is 40.9 Å². The van der Waals surface area contributed by atoms with E-state index in [1.165, 1.54) is 19.2 Å². The molecule has 0 saturated carbocycles. The number of amides is 1. The van der Waals surface area contributed by atoms with E-state index in [-0.39, 0.29) is 17.9 Å². The van der Waals surface area contributed by atoms with Crippen molar-refractivity contribution in [2.45, 2.75) is 31.0 Å². The van der Waals surface area contributed by atoms with Gasteiger partial charge in [0.05, 0.1) is 23.6 Å². The quantitative estimate of drug-likeness (QED) is 0.424. The molecule has 0 radical (unpaired) electrons. The Morgan fingerprint density at radius 3 is 2.58 bits per heavy atom. The summed E-state index contributed by atoms with van der Waals surface area (Å²) in [7, 11) is 1.51. The molecule has 1 spiro atoms. The minimum Gasteiger partial charge on any atom is -0.493 e. The fraction of sp³-hybridized carbons (Fsp3) is 0.370. The van der Waals surface area contributed by atoms with E-state index in [9.17, 15) is 18.0 Å². The lowest BCUT2D eigenvalue weighted by Gasteiger charge is -2.45. The summed E-state index contributed by atoms with van der Waals surface area (Å²) in [5.41, 5.74) is 0.421. The van der Waals surface area contributed by atoms with Gasteiger partial charge >= 0.3 is 6.18 Å². The number of aromatic nitrogens is 1. The Labute approximate surface area is 207 Å². The summed E-state index contributed by atoms with van der Waals surface area (Å²) < 4.78 is 60.0. The number of hydrogen-bond acceptors (Lipinski definition) is 4. The Morgan fingerprint density at radius 1 is 1.06 bits per heavy atom. The third kappa shape index (κ3) is 4.43. The molecule has 0 bridgehead atoms. The molecule has 9 heteroatoms. The maximum absolute atomic E-state index is 13.7. The van der Waals surface area contributed by atoms with Crippen molar-refractivity contribution in [2.75, 3.05) is 33.4 Å². The second kappa shape index (κ2) is 9.54. The van der Waals surface area contributed by atoms with Gasteiger partial charge in [-0.05, 0) is 42.5 Å². The lowest BCUT2D eigenvalue weighted by molar-refractivity contribution is -0.139. The Morgan fingerprint density at radius 2 is 1.83 bits per heavy atom. The first kappa shape index (κ1) is 24.2. The standard InChI is InChI=1S/C27H27F3N2O4/c1-34-16-5-17-35-22-10-9-19(18-20(22)27(28,29)30)25(33)31-14-11-26(12-15-31)24-8-4-13-32(24)21-6-2-3-7-23(21)36-26/h2-4,6-10,13,18H,5,11-12,14-17H2,1H3. The third-order valence-corrected chi connectivity index (χ3v) is 6.79. The van der Waals surface area contributed by atoms with Gasteiger partial charge in [-0.1, -0.05) is 12.1 Å². The van der Waals surface area contributed by atoms with Gasteiger partial charge in [0.2, 0.25) is 0 Å². The van der Waals surface area contributed by atoms with Gasteiger partial charge in [0, 0.05) is 57.8 Å². The van der Waals surface area contributed by atoms with Crippen molar-refractivity contribution in [2.24, 2.45) is 0 Å². The van der Waals surface area contributed by atoms with Crippen LogP contribution in [-0.2, 0) is 16.5 Å². The number of alkyl halides is 3. The Balaban J connectivity index is 1.32. The van der Waals surface area contributed by atoms with Crippen LogP contribution in [-0.4, -0.2) is 48.8 Å². The molecule has 1 saturated heterocycles. The number of piperidine rings is 1. The van der Waals surface area contributed by atoms with Crippen molar-refractivity contribution in [3.8, 4) is 17.2 Å². The van der Waals surface area contributed by atoms with Crippen LogP contribution < -0.4 is 9.47 Å². The monoisotopic (exact) mass is 500 g/mol. The second-order valence-corrected chi connectivity index (χ2v) is 9.02. The first-order valence-electron chi connectivity index (χ1n) is 11.9. The number of methoxy groups -OCH3 is 1. The molecule has 0 unspecified atom stereocenters. The highest BCUT2D eigenvalue weighted by Gasteiger charge is 2.45. The molecular weight excluding hydrogens is 473 g/mol. The third-order valence-electron chi connectivity index (χ3n) is 6.79. The molecule has 3 aromatic rings. The van der Waals surface area contributed by atoms with Crippen molar-refractivity contribution >= 4 is 5.91 Å². The molecule has 5 rings (SSSR count). The van der Waals surface area contributed by atoms with Crippen molar-refractivity contribution in [3.63, 3.8) is 0 Å². The SMILES string of the molecule is COCCCOc1ccc(C(=O)N2CCC3(CC2)Oc2ccccc2-n2cccc23)cc1C(F)(F)F. The fourth-order valence-electron chi connectivity index (χ4n) is 4.98. The molecule has 1 amide bonds. The van der Waals surface area contributed by atoms with E-state index in [1.54, 1.807) is 4.90 Å². The lowest BCUT2D eigenvalue weighted by Crippen LogP contribution is -2.50. The van der Waals surface area contributed by atoms with E-state index in [0.29, 0.717) is 39.0 Å².